The molecule has 2 rings (SSSR count). The standard InChI is InChI=1S/C14H8Cl4N2O2/c15-7-4-5-11(10(18)6-7)19-14(22)20-13(21)12-8(16)2-1-3-9(12)17/h1-6H,(H2,19,20,21,22). The summed E-state index contributed by atoms with van der Waals surface area (Å²) >= 11 is 23.5. The molecular formula is C14H8Cl4N2O2. The second kappa shape index (κ2) is 7.20. The van der Waals surface area contributed by atoms with E-state index < -0.39 is 11.9 Å². The monoisotopic (exact) mass is 376 g/mol. The van der Waals surface area contributed by atoms with E-state index in [0.29, 0.717) is 10.7 Å². The number of hydrogen-bond acceptors (Lipinski definition) is 2. The molecule has 8 heteroatoms. The van der Waals surface area contributed by atoms with Crippen molar-refractivity contribution in [2.75, 3.05) is 5.32 Å². The second-order valence-electron chi connectivity index (χ2n) is 4.13. The third kappa shape index (κ3) is 4.05. The van der Waals surface area contributed by atoms with Crippen LogP contribution >= 0.6 is 46.4 Å². The maximum absolute atomic E-state index is 12.0. The van der Waals surface area contributed by atoms with Gasteiger partial charge in [-0.2, -0.15) is 0 Å². The van der Waals surface area contributed by atoms with Crippen LogP contribution in [-0.2, 0) is 0 Å². The zero-order chi connectivity index (χ0) is 16.3. The normalized spacial score (nSPS) is 10.2. The number of urea groups is 1. The summed E-state index contributed by atoms with van der Waals surface area (Å²) in [6.45, 7) is 0. The summed E-state index contributed by atoms with van der Waals surface area (Å²) < 4.78 is 0. The SMILES string of the molecule is O=C(NC(=O)c1c(Cl)cccc1Cl)Nc1ccc(Cl)cc1Cl. The highest BCUT2D eigenvalue weighted by Crippen LogP contribution is 2.26. The number of carbonyl (C=O) groups is 2. The molecule has 2 N–H and O–H groups in total. The Kier molecular flexibility index (Phi) is 5.53. The van der Waals surface area contributed by atoms with Crippen LogP contribution in [0.4, 0.5) is 10.5 Å². The fourth-order valence-corrected chi connectivity index (χ4v) is 2.65. The van der Waals surface area contributed by atoms with Crippen molar-refractivity contribution >= 4 is 64.0 Å². The average Bonchev–Trinajstić information content (AvgIpc) is 2.41. The first-order valence-electron chi connectivity index (χ1n) is 5.90. The topological polar surface area (TPSA) is 58.2 Å². The zero-order valence-corrected chi connectivity index (χ0v) is 13.8. The number of benzene rings is 2. The Bertz CT molecular complexity index is 729. The lowest BCUT2D eigenvalue weighted by molar-refractivity contribution is 0.0967. The van der Waals surface area contributed by atoms with Crippen LogP contribution in [-0.4, -0.2) is 11.9 Å². The number of hydrogen-bond donors (Lipinski definition) is 2. The number of anilines is 1. The van der Waals surface area contributed by atoms with Crippen molar-refractivity contribution < 1.29 is 9.59 Å². The maximum atomic E-state index is 12.0. The number of carbonyl (C=O) groups excluding carboxylic acids is 2. The van der Waals surface area contributed by atoms with Crippen molar-refractivity contribution in [1.29, 1.82) is 0 Å². The van der Waals surface area contributed by atoms with Crippen molar-refractivity contribution in [3.63, 3.8) is 0 Å². The Labute approximate surface area is 146 Å². The molecular weight excluding hydrogens is 370 g/mol. The van der Waals surface area contributed by atoms with Gasteiger partial charge in [0, 0.05) is 5.02 Å². The van der Waals surface area contributed by atoms with Crippen LogP contribution in [0, 0.1) is 0 Å². The average molecular weight is 378 g/mol. The van der Waals surface area contributed by atoms with Gasteiger partial charge >= 0.3 is 6.03 Å². The van der Waals surface area contributed by atoms with E-state index in [-0.39, 0.29) is 20.6 Å². The highest BCUT2D eigenvalue weighted by Gasteiger charge is 2.17. The molecule has 4 nitrogen and oxygen atoms in total. The molecule has 0 aliphatic heterocycles. The maximum Gasteiger partial charge on any atom is 0.326 e. The van der Waals surface area contributed by atoms with Crippen molar-refractivity contribution in [2.45, 2.75) is 0 Å². The van der Waals surface area contributed by atoms with Crippen molar-refractivity contribution in [2.24, 2.45) is 0 Å². The van der Waals surface area contributed by atoms with Crippen molar-refractivity contribution in [3.8, 4) is 0 Å². The summed E-state index contributed by atoms with van der Waals surface area (Å²) in [4.78, 5) is 23.9. The molecule has 2 aromatic carbocycles. The lowest BCUT2D eigenvalue weighted by Crippen LogP contribution is -2.34. The molecule has 0 aliphatic carbocycles. The lowest BCUT2D eigenvalue weighted by Gasteiger charge is -2.10. The lowest BCUT2D eigenvalue weighted by atomic mass is 10.2. The minimum absolute atomic E-state index is 0.0168. The van der Waals surface area contributed by atoms with E-state index in [0.717, 1.165) is 0 Å². The van der Waals surface area contributed by atoms with Crippen LogP contribution in [0.15, 0.2) is 36.4 Å². The summed E-state index contributed by atoms with van der Waals surface area (Å²) in [5, 5.41) is 5.50. The van der Waals surface area contributed by atoms with Crippen LogP contribution in [0.5, 0.6) is 0 Å². The summed E-state index contributed by atoms with van der Waals surface area (Å²) in [6.07, 6.45) is 0. The van der Waals surface area contributed by atoms with Gasteiger partial charge < -0.3 is 5.32 Å². The highest BCUT2D eigenvalue weighted by atomic mass is 35.5. The fourth-order valence-electron chi connectivity index (χ4n) is 1.62. The molecule has 0 heterocycles. The molecule has 114 valence electrons. The molecule has 2 aromatic rings. The van der Waals surface area contributed by atoms with Gasteiger partial charge in [-0.15, -0.1) is 0 Å². The van der Waals surface area contributed by atoms with Crippen LogP contribution in [0.2, 0.25) is 20.1 Å². The Morgan fingerprint density at radius 2 is 1.50 bits per heavy atom. The largest absolute Gasteiger partial charge is 0.326 e. The first kappa shape index (κ1) is 16.9. The van der Waals surface area contributed by atoms with Gasteiger partial charge in [0.25, 0.3) is 5.91 Å². The molecule has 3 amide bonds. The first-order chi connectivity index (χ1) is 10.4. The van der Waals surface area contributed by atoms with Gasteiger partial charge in [0.15, 0.2) is 0 Å². The molecule has 22 heavy (non-hydrogen) atoms. The Hall–Kier alpha value is -1.46. The summed E-state index contributed by atoms with van der Waals surface area (Å²) in [7, 11) is 0. The molecule has 0 saturated heterocycles. The molecule has 0 radical (unpaired) electrons. The molecule has 0 saturated carbocycles. The van der Waals surface area contributed by atoms with E-state index in [1.165, 1.54) is 24.3 Å². The van der Waals surface area contributed by atoms with Gasteiger partial charge in [-0.3, -0.25) is 10.1 Å². The Balaban J connectivity index is 2.10. The molecule has 0 spiro atoms. The Morgan fingerprint density at radius 3 is 2.09 bits per heavy atom. The predicted molar refractivity (Wildman–Crippen MR) is 89.4 cm³/mol. The summed E-state index contributed by atoms with van der Waals surface area (Å²) in [6, 6.07) is 8.34. The molecule has 0 aromatic heterocycles. The van der Waals surface area contributed by atoms with Crippen LogP contribution in [0.1, 0.15) is 10.4 Å². The number of imide groups is 1. The van der Waals surface area contributed by atoms with Gasteiger partial charge in [-0.1, -0.05) is 52.5 Å². The molecule has 0 aliphatic rings. The van der Waals surface area contributed by atoms with Gasteiger partial charge in [0.2, 0.25) is 0 Å². The molecule has 0 unspecified atom stereocenters. The third-order valence-corrected chi connectivity index (χ3v) is 3.77. The number of halogens is 4. The summed E-state index contributed by atoms with van der Waals surface area (Å²) in [5.41, 5.74) is 0.324. The minimum Gasteiger partial charge on any atom is -0.306 e. The molecule has 0 bridgehead atoms. The molecule has 0 fully saturated rings. The van der Waals surface area contributed by atoms with Crippen molar-refractivity contribution in [3.05, 3.63) is 62.1 Å². The van der Waals surface area contributed by atoms with Gasteiger partial charge in [0.1, 0.15) is 0 Å². The van der Waals surface area contributed by atoms with E-state index in [9.17, 15) is 9.59 Å². The van der Waals surface area contributed by atoms with Crippen molar-refractivity contribution in [1.82, 2.24) is 5.32 Å². The number of nitrogens with one attached hydrogen (secondary N) is 2. The van der Waals surface area contributed by atoms with Crippen LogP contribution in [0.3, 0.4) is 0 Å². The Morgan fingerprint density at radius 1 is 0.864 bits per heavy atom. The van der Waals surface area contributed by atoms with Gasteiger partial charge in [-0.05, 0) is 30.3 Å². The predicted octanol–water partition coefficient (Wildman–Crippen LogP) is 5.26. The van der Waals surface area contributed by atoms with E-state index in [1.54, 1.807) is 12.1 Å². The smallest absolute Gasteiger partial charge is 0.306 e. The number of amides is 3. The third-order valence-electron chi connectivity index (χ3n) is 2.60. The van der Waals surface area contributed by atoms with Crippen LogP contribution < -0.4 is 10.6 Å². The molecule has 0 atom stereocenters. The van der Waals surface area contributed by atoms with E-state index in [2.05, 4.69) is 10.6 Å². The second-order valence-corrected chi connectivity index (χ2v) is 5.79. The van der Waals surface area contributed by atoms with E-state index >= 15 is 0 Å². The van der Waals surface area contributed by atoms with E-state index in [1.807, 2.05) is 0 Å². The zero-order valence-electron chi connectivity index (χ0n) is 10.8. The fraction of sp³-hybridized carbons (Fsp3) is 0. The summed E-state index contributed by atoms with van der Waals surface area (Å²) in [5.74, 6) is -0.724. The van der Waals surface area contributed by atoms with Gasteiger partial charge in [-0.25, -0.2) is 4.79 Å². The first-order valence-corrected chi connectivity index (χ1v) is 7.41. The quantitative estimate of drug-likeness (QED) is 0.749. The minimum atomic E-state index is -0.773. The highest BCUT2D eigenvalue weighted by molar-refractivity contribution is 6.40. The van der Waals surface area contributed by atoms with Gasteiger partial charge in [0.05, 0.1) is 26.3 Å². The van der Waals surface area contributed by atoms with E-state index in [4.69, 9.17) is 46.4 Å². The number of rotatable bonds is 2. The van der Waals surface area contributed by atoms with Crippen LogP contribution in [0.25, 0.3) is 0 Å².